The molecule has 2 saturated heterocycles. The number of amides is 2. The molecule has 1 atom stereocenters. The number of halogens is 2. The predicted molar refractivity (Wildman–Crippen MR) is 125 cm³/mol. The first-order valence-corrected chi connectivity index (χ1v) is 10.7. The third kappa shape index (κ3) is 8.80. The molecular formula is C22H36Cl2N4O2. The Morgan fingerprint density at radius 1 is 1.13 bits per heavy atom. The van der Waals surface area contributed by atoms with E-state index in [4.69, 9.17) is 5.73 Å². The predicted octanol–water partition coefficient (Wildman–Crippen LogP) is 2.62. The van der Waals surface area contributed by atoms with Crippen molar-refractivity contribution in [1.29, 1.82) is 0 Å². The van der Waals surface area contributed by atoms with Crippen LogP contribution in [0.15, 0.2) is 24.3 Å². The molecule has 2 fully saturated rings. The molecule has 6 nitrogen and oxygen atoms in total. The molecule has 1 unspecified atom stereocenters. The van der Waals surface area contributed by atoms with Gasteiger partial charge in [0.1, 0.15) is 0 Å². The van der Waals surface area contributed by atoms with Crippen molar-refractivity contribution in [3.63, 3.8) is 0 Å². The van der Waals surface area contributed by atoms with Crippen LogP contribution in [0, 0.1) is 11.8 Å². The number of benzene rings is 1. The molecule has 3 rings (SSSR count). The highest BCUT2D eigenvalue weighted by atomic mass is 35.5. The number of nitrogens with zero attached hydrogens (tertiary/aromatic N) is 1. The molecule has 4 N–H and O–H groups in total. The van der Waals surface area contributed by atoms with Gasteiger partial charge in [0, 0.05) is 26.1 Å². The Morgan fingerprint density at radius 3 is 2.60 bits per heavy atom. The van der Waals surface area contributed by atoms with Crippen LogP contribution in [0.2, 0.25) is 0 Å². The van der Waals surface area contributed by atoms with Gasteiger partial charge in [0.2, 0.25) is 11.8 Å². The van der Waals surface area contributed by atoms with E-state index in [0.717, 1.165) is 57.5 Å². The standard InChI is InChI=1S/C22H34N4O2.2ClH/c23-22(28)20-5-2-12-26(16-20)15-19-4-1-3-18(13-19)14-25-21(27)7-6-17-8-10-24-11-9-17;;/h1,3-4,13,17,20,24H,2,5-12,14-16H2,(H2,23,28)(H,25,27);2*1H. The number of carbonyl (C=O) groups is 2. The van der Waals surface area contributed by atoms with Gasteiger partial charge < -0.3 is 16.4 Å². The van der Waals surface area contributed by atoms with E-state index < -0.39 is 0 Å². The van der Waals surface area contributed by atoms with Crippen molar-refractivity contribution < 1.29 is 9.59 Å². The number of nitrogens with two attached hydrogens (primary N) is 1. The smallest absolute Gasteiger partial charge is 0.221 e. The average molecular weight is 459 g/mol. The van der Waals surface area contributed by atoms with E-state index in [9.17, 15) is 9.59 Å². The number of rotatable bonds is 8. The summed E-state index contributed by atoms with van der Waals surface area (Å²) in [6, 6.07) is 8.36. The van der Waals surface area contributed by atoms with Gasteiger partial charge in [-0.2, -0.15) is 0 Å². The first-order chi connectivity index (χ1) is 13.6. The van der Waals surface area contributed by atoms with Crippen molar-refractivity contribution in [2.45, 2.75) is 51.6 Å². The van der Waals surface area contributed by atoms with E-state index in [1.54, 1.807) is 0 Å². The summed E-state index contributed by atoms with van der Waals surface area (Å²) in [5.74, 6) is 0.607. The first-order valence-electron chi connectivity index (χ1n) is 10.7. The van der Waals surface area contributed by atoms with Crippen molar-refractivity contribution in [3.8, 4) is 0 Å². The molecule has 0 saturated carbocycles. The SMILES string of the molecule is Cl.Cl.NC(=O)C1CCCN(Cc2cccc(CNC(=O)CCC3CCNCC3)c2)C1. The summed E-state index contributed by atoms with van der Waals surface area (Å²) >= 11 is 0. The van der Waals surface area contributed by atoms with Crippen LogP contribution in [0.4, 0.5) is 0 Å². The third-order valence-corrected chi connectivity index (χ3v) is 6.03. The lowest BCUT2D eigenvalue weighted by Gasteiger charge is -2.31. The van der Waals surface area contributed by atoms with Crippen molar-refractivity contribution in [3.05, 3.63) is 35.4 Å². The first kappa shape index (κ1) is 26.7. The fourth-order valence-electron chi connectivity index (χ4n) is 4.32. The summed E-state index contributed by atoms with van der Waals surface area (Å²) in [6.45, 7) is 5.30. The van der Waals surface area contributed by atoms with Gasteiger partial charge in [0.25, 0.3) is 0 Å². The minimum absolute atomic E-state index is 0. The van der Waals surface area contributed by atoms with E-state index in [0.29, 0.717) is 18.9 Å². The monoisotopic (exact) mass is 458 g/mol. The van der Waals surface area contributed by atoms with E-state index in [1.165, 1.54) is 18.4 Å². The summed E-state index contributed by atoms with van der Waals surface area (Å²) in [4.78, 5) is 25.9. The van der Waals surface area contributed by atoms with Crippen molar-refractivity contribution in [2.24, 2.45) is 17.6 Å². The van der Waals surface area contributed by atoms with E-state index >= 15 is 0 Å². The normalized spacial score (nSPS) is 19.9. The number of carbonyl (C=O) groups excluding carboxylic acids is 2. The minimum Gasteiger partial charge on any atom is -0.369 e. The molecule has 8 heteroatoms. The lowest BCUT2D eigenvalue weighted by Crippen LogP contribution is -2.40. The molecule has 2 aliphatic heterocycles. The molecule has 0 spiro atoms. The molecule has 2 aliphatic rings. The van der Waals surface area contributed by atoms with E-state index in [2.05, 4.69) is 33.7 Å². The van der Waals surface area contributed by atoms with Gasteiger partial charge in [-0.15, -0.1) is 24.8 Å². The Bertz CT molecular complexity index is 668. The van der Waals surface area contributed by atoms with Gasteiger partial charge >= 0.3 is 0 Å². The van der Waals surface area contributed by atoms with Crippen LogP contribution < -0.4 is 16.4 Å². The highest BCUT2D eigenvalue weighted by molar-refractivity contribution is 5.85. The molecule has 2 heterocycles. The average Bonchev–Trinajstić information content (AvgIpc) is 2.72. The Kier molecular flexibility index (Phi) is 12.3. The molecule has 0 bridgehead atoms. The highest BCUT2D eigenvalue weighted by Crippen LogP contribution is 2.19. The van der Waals surface area contributed by atoms with Crippen LogP contribution in [0.25, 0.3) is 0 Å². The molecule has 30 heavy (non-hydrogen) atoms. The fourth-order valence-corrected chi connectivity index (χ4v) is 4.32. The van der Waals surface area contributed by atoms with E-state index in [-0.39, 0.29) is 42.5 Å². The molecule has 0 radical (unpaired) electrons. The van der Waals surface area contributed by atoms with Crippen LogP contribution in [0.3, 0.4) is 0 Å². The molecule has 0 aliphatic carbocycles. The second kappa shape index (κ2) is 13.9. The number of likely N-dealkylation sites (tertiary alicyclic amines) is 1. The van der Waals surface area contributed by atoms with Gasteiger partial charge in [0.05, 0.1) is 5.92 Å². The summed E-state index contributed by atoms with van der Waals surface area (Å²) in [5.41, 5.74) is 7.81. The second-order valence-electron chi connectivity index (χ2n) is 8.31. The maximum absolute atomic E-state index is 12.2. The van der Waals surface area contributed by atoms with Gasteiger partial charge in [-0.25, -0.2) is 0 Å². The van der Waals surface area contributed by atoms with Crippen LogP contribution in [-0.4, -0.2) is 42.9 Å². The minimum atomic E-state index is -0.189. The third-order valence-electron chi connectivity index (χ3n) is 6.03. The Labute approximate surface area is 192 Å². The largest absolute Gasteiger partial charge is 0.369 e. The van der Waals surface area contributed by atoms with Gasteiger partial charge in [-0.1, -0.05) is 24.3 Å². The Morgan fingerprint density at radius 2 is 1.87 bits per heavy atom. The Hall–Kier alpha value is -1.34. The van der Waals surface area contributed by atoms with Crippen LogP contribution in [-0.2, 0) is 22.7 Å². The van der Waals surface area contributed by atoms with Gasteiger partial charge in [-0.3, -0.25) is 14.5 Å². The van der Waals surface area contributed by atoms with Crippen molar-refractivity contribution in [1.82, 2.24) is 15.5 Å². The van der Waals surface area contributed by atoms with Gasteiger partial charge in [-0.05, 0) is 68.8 Å². The summed E-state index contributed by atoms with van der Waals surface area (Å²) < 4.78 is 0. The van der Waals surface area contributed by atoms with Crippen LogP contribution in [0.1, 0.15) is 49.7 Å². The zero-order valence-electron chi connectivity index (χ0n) is 17.6. The fraction of sp³-hybridized carbons (Fsp3) is 0.636. The highest BCUT2D eigenvalue weighted by Gasteiger charge is 2.23. The molecular weight excluding hydrogens is 423 g/mol. The number of primary amides is 1. The number of hydrogen-bond donors (Lipinski definition) is 3. The number of nitrogens with one attached hydrogen (secondary N) is 2. The zero-order valence-corrected chi connectivity index (χ0v) is 19.2. The number of hydrogen-bond acceptors (Lipinski definition) is 4. The zero-order chi connectivity index (χ0) is 19.8. The van der Waals surface area contributed by atoms with Crippen molar-refractivity contribution >= 4 is 36.6 Å². The topological polar surface area (TPSA) is 87.5 Å². The summed E-state index contributed by atoms with van der Waals surface area (Å²) in [5, 5.41) is 6.43. The maximum Gasteiger partial charge on any atom is 0.221 e. The Balaban J connectivity index is 0.00000225. The summed E-state index contributed by atoms with van der Waals surface area (Å²) in [7, 11) is 0. The molecule has 1 aromatic carbocycles. The quantitative estimate of drug-likeness (QED) is 0.558. The van der Waals surface area contributed by atoms with Gasteiger partial charge in [0.15, 0.2) is 0 Å². The van der Waals surface area contributed by atoms with Crippen LogP contribution in [0.5, 0.6) is 0 Å². The summed E-state index contributed by atoms with van der Waals surface area (Å²) in [6.07, 6.45) is 5.89. The maximum atomic E-state index is 12.2. The molecule has 170 valence electrons. The number of piperidine rings is 2. The lowest BCUT2D eigenvalue weighted by molar-refractivity contribution is -0.123. The van der Waals surface area contributed by atoms with Crippen molar-refractivity contribution in [2.75, 3.05) is 26.2 Å². The second-order valence-corrected chi connectivity index (χ2v) is 8.31. The molecule has 2 amide bonds. The molecule has 1 aromatic rings. The van der Waals surface area contributed by atoms with Crippen LogP contribution >= 0.6 is 24.8 Å². The van der Waals surface area contributed by atoms with E-state index in [1.807, 2.05) is 6.07 Å². The molecule has 0 aromatic heterocycles. The lowest BCUT2D eigenvalue weighted by atomic mass is 9.93.